The second-order valence-corrected chi connectivity index (χ2v) is 6.83. The molecule has 0 saturated carbocycles. The zero-order chi connectivity index (χ0) is 17.3. The monoisotopic (exact) mass is 327 g/mol. The Morgan fingerprint density at radius 2 is 2.00 bits per heavy atom. The first-order valence-electron chi connectivity index (χ1n) is 8.68. The number of carbonyl (C=O) groups is 1. The van der Waals surface area contributed by atoms with E-state index in [1.165, 1.54) is 5.39 Å². The average Bonchev–Trinajstić information content (AvgIpc) is 2.58. The van der Waals surface area contributed by atoms with Crippen LogP contribution in [0.1, 0.15) is 37.3 Å². The minimum atomic E-state index is -0.684. The summed E-state index contributed by atoms with van der Waals surface area (Å²) in [6, 6.07) is 10.2. The van der Waals surface area contributed by atoms with E-state index >= 15 is 0 Å². The molecule has 4 nitrogen and oxygen atoms in total. The molecule has 1 aliphatic heterocycles. The number of nitrogens with zero attached hydrogens (tertiary/aromatic N) is 1. The van der Waals surface area contributed by atoms with E-state index in [-0.39, 0.29) is 12.0 Å². The van der Waals surface area contributed by atoms with Crippen LogP contribution in [0.5, 0.6) is 5.75 Å². The molecule has 0 aliphatic carbocycles. The van der Waals surface area contributed by atoms with E-state index in [1.807, 2.05) is 25.1 Å². The lowest BCUT2D eigenvalue weighted by atomic mass is 9.88. The number of phenols is 1. The molecular formula is C20H25NO3. The summed E-state index contributed by atoms with van der Waals surface area (Å²) in [7, 11) is 0. The van der Waals surface area contributed by atoms with Gasteiger partial charge in [0.1, 0.15) is 5.75 Å². The van der Waals surface area contributed by atoms with Gasteiger partial charge in [-0.2, -0.15) is 0 Å². The Labute approximate surface area is 142 Å². The highest BCUT2D eigenvalue weighted by Gasteiger charge is 2.31. The van der Waals surface area contributed by atoms with E-state index in [0.29, 0.717) is 25.1 Å². The number of fused-ring (bicyclic) bond motifs is 1. The Hall–Kier alpha value is -2.07. The van der Waals surface area contributed by atoms with Gasteiger partial charge in [0.05, 0.1) is 5.92 Å². The molecule has 2 N–H and O–H groups in total. The highest BCUT2D eigenvalue weighted by Crippen LogP contribution is 2.34. The fraction of sp³-hybridized carbons (Fsp3) is 0.450. The van der Waals surface area contributed by atoms with Crippen molar-refractivity contribution in [2.45, 2.75) is 45.7 Å². The second-order valence-electron chi connectivity index (χ2n) is 6.83. The molecule has 2 unspecified atom stereocenters. The molecule has 2 aromatic carbocycles. The van der Waals surface area contributed by atoms with Gasteiger partial charge in [-0.3, -0.25) is 9.69 Å². The van der Waals surface area contributed by atoms with Crippen LogP contribution in [0.4, 0.5) is 0 Å². The minimum absolute atomic E-state index is 0.241. The fourth-order valence-electron chi connectivity index (χ4n) is 3.92. The normalized spacial score (nSPS) is 21.9. The van der Waals surface area contributed by atoms with Gasteiger partial charge in [0.2, 0.25) is 0 Å². The van der Waals surface area contributed by atoms with E-state index in [1.54, 1.807) is 0 Å². The van der Waals surface area contributed by atoms with Crippen molar-refractivity contribution in [1.82, 2.24) is 4.90 Å². The van der Waals surface area contributed by atoms with Gasteiger partial charge >= 0.3 is 5.97 Å². The van der Waals surface area contributed by atoms with Crippen molar-refractivity contribution < 1.29 is 15.0 Å². The molecule has 2 atom stereocenters. The Morgan fingerprint density at radius 1 is 1.29 bits per heavy atom. The Balaban J connectivity index is 1.91. The van der Waals surface area contributed by atoms with Gasteiger partial charge in [-0.05, 0) is 55.1 Å². The number of hydrogen-bond donors (Lipinski definition) is 2. The van der Waals surface area contributed by atoms with Gasteiger partial charge in [0.15, 0.2) is 0 Å². The van der Waals surface area contributed by atoms with Crippen LogP contribution in [-0.4, -0.2) is 33.7 Å². The quantitative estimate of drug-likeness (QED) is 0.893. The SMILES string of the molecule is CCC1CC(C(=O)O)CCN1Cc1c(O)cc(C)c2ccccc12. The summed E-state index contributed by atoms with van der Waals surface area (Å²) in [6.45, 7) is 5.54. The molecule has 0 bridgehead atoms. The van der Waals surface area contributed by atoms with Gasteiger partial charge in [0.25, 0.3) is 0 Å². The molecule has 128 valence electrons. The standard InChI is InChI=1S/C20H25NO3/c1-3-15-11-14(20(23)24)8-9-21(15)12-18-17-7-5-4-6-16(17)13(2)10-19(18)22/h4-7,10,14-15,22H,3,8-9,11-12H2,1-2H3,(H,23,24). The number of hydrogen-bond acceptors (Lipinski definition) is 3. The number of aryl methyl sites for hydroxylation is 1. The van der Waals surface area contributed by atoms with Crippen molar-refractivity contribution in [1.29, 1.82) is 0 Å². The van der Waals surface area contributed by atoms with Crippen molar-refractivity contribution in [2.24, 2.45) is 5.92 Å². The van der Waals surface area contributed by atoms with Crippen molar-refractivity contribution >= 4 is 16.7 Å². The van der Waals surface area contributed by atoms with Crippen LogP contribution >= 0.6 is 0 Å². The van der Waals surface area contributed by atoms with E-state index < -0.39 is 5.97 Å². The number of aliphatic carboxylic acids is 1. The highest BCUT2D eigenvalue weighted by molar-refractivity contribution is 5.90. The largest absolute Gasteiger partial charge is 0.508 e. The van der Waals surface area contributed by atoms with E-state index in [2.05, 4.69) is 24.0 Å². The van der Waals surface area contributed by atoms with Crippen molar-refractivity contribution in [3.8, 4) is 5.75 Å². The molecule has 3 rings (SSSR count). The van der Waals surface area contributed by atoms with Crippen molar-refractivity contribution in [3.63, 3.8) is 0 Å². The zero-order valence-corrected chi connectivity index (χ0v) is 14.3. The third-order valence-corrected chi connectivity index (χ3v) is 5.36. The maximum absolute atomic E-state index is 11.3. The zero-order valence-electron chi connectivity index (χ0n) is 14.3. The van der Waals surface area contributed by atoms with Crippen LogP contribution < -0.4 is 0 Å². The predicted octanol–water partition coefficient (Wildman–Crippen LogP) is 3.93. The lowest BCUT2D eigenvalue weighted by Crippen LogP contribution is -2.43. The number of carboxylic acids is 1. The lowest BCUT2D eigenvalue weighted by Gasteiger charge is -2.38. The van der Waals surface area contributed by atoms with Gasteiger partial charge in [0, 0.05) is 18.2 Å². The van der Waals surface area contributed by atoms with Gasteiger partial charge in [-0.15, -0.1) is 0 Å². The smallest absolute Gasteiger partial charge is 0.306 e. The maximum Gasteiger partial charge on any atom is 0.306 e. The molecular weight excluding hydrogens is 302 g/mol. The lowest BCUT2D eigenvalue weighted by molar-refractivity contribution is -0.144. The fourth-order valence-corrected chi connectivity index (χ4v) is 3.92. The van der Waals surface area contributed by atoms with Gasteiger partial charge < -0.3 is 10.2 Å². The van der Waals surface area contributed by atoms with Crippen LogP contribution in [0, 0.1) is 12.8 Å². The molecule has 0 spiro atoms. The third kappa shape index (κ3) is 3.11. The van der Waals surface area contributed by atoms with E-state index in [9.17, 15) is 15.0 Å². The molecule has 2 aromatic rings. The van der Waals surface area contributed by atoms with Gasteiger partial charge in [-0.1, -0.05) is 31.2 Å². The number of aromatic hydroxyl groups is 1. The molecule has 0 radical (unpaired) electrons. The molecule has 1 heterocycles. The summed E-state index contributed by atoms with van der Waals surface area (Å²) in [5, 5.41) is 22.0. The summed E-state index contributed by atoms with van der Waals surface area (Å²) in [6.07, 6.45) is 2.29. The van der Waals surface area contributed by atoms with E-state index in [4.69, 9.17) is 0 Å². The van der Waals surface area contributed by atoms with Crippen LogP contribution in [0.3, 0.4) is 0 Å². The average molecular weight is 327 g/mol. The molecule has 24 heavy (non-hydrogen) atoms. The molecule has 0 aromatic heterocycles. The number of likely N-dealkylation sites (tertiary alicyclic amines) is 1. The van der Waals surface area contributed by atoms with Gasteiger partial charge in [-0.25, -0.2) is 0 Å². The Morgan fingerprint density at radius 3 is 2.67 bits per heavy atom. The van der Waals surface area contributed by atoms with E-state index in [0.717, 1.165) is 29.5 Å². The van der Waals surface area contributed by atoms with Crippen LogP contribution in [0.25, 0.3) is 10.8 Å². The maximum atomic E-state index is 11.3. The van der Waals surface area contributed by atoms with Crippen LogP contribution in [-0.2, 0) is 11.3 Å². The molecule has 0 amide bonds. The first-order chi connectivity index (χ1) is 11.5. The number of piperidine rings is 1. The molecule has 1 fully saturated rings. The topological polar surface area (TPSA) is 60.8 Å². The van der Waals surface area contributed by atoms with Crippen molar-refractivity contribution in [3.05, 3.63) is 41.5 Å². The second kappa shape index (κ2) is 6.81. The number of carboxylic acid groups (broad SMARTS) is 1. The highest BCUT2D eigenvalue weighted by atomic mass is 16.4. The van der Waals surface area contributed by atoms with Crippen LogP contribution in [0.2, 0.25) is 0 Å². The number of phenolic OH excluding ortho intramolecular Hbond substituents is 1. The Bertz CT molecular complexity index is 756. The minimum Gasteiger partial charge on any atom is -0.508 e. The molecule has 1 saturated heterocycles. The first-order valence-corrected chi connectivity index (χ1v) is 8.68. The number of rotatable bonds is 4. The predicted molar refractivity (Wildman–Crippen MR) is 95.2 cm³/mol. The van der Waals surface area contributed by atoms with Crippen molar-refractivity contribution in [2.75, 3.05) is 6.54 Å². The molecule has 1 aliphatic rings. The summed E-state index contributed by atoms with van der Waals surface area (Å²) in [4.78, 5) is 13.6. The summed E-state index contributed by atoms with van der Waals surface area (Å²) in [5.41, 5.74) is 2.02. The van der Waals surface area contributed by atoms with Crippen LogP contribution in [0.15, 0.2) is 30.3 Å². The summed E-state index contributed by atoms with van der Waals surface area (Å²) in [5.74, 6) is -0.590. The third-order valence-electron chi connectivity index (χ3n) is 5.36. The summed E-state index contributed by atoms with van der Waals surface area (Å²) < 4.78 is 0. The Kier molecular flexibility index (Phi) is 4.76. The first kappa shape index (κ1) is 16.8. The summed E-state index contributed by atoms with van der Waals surface area (Å²) >= 11 is 0. The number of benzene rings is 2. The molecule has 4 heteroatoms.